The predicted octanol–water partition coefficient (Wildman–Crippen LogP) is -0.589. The third-order valence-electron chi connectivity index (χ3n) is 1.22. The molecule has 50 valence electrons. The van der Waals surface area contributed by atoms with E-state index in [2.05, 4.69) is 6.92 Å². The quantitative estimate of drug-likeness (QED) is 0.520. The monoisotopic (exact) mass is 133 g/mol. The Hall–Kier alpha value is 0.137. The van der Waals surface area contributed by atoms with E-state index in [9.17, 15) is 0 Å². The third kappa shape index (κ3) is 4.30. The van der Waals surface area contributed by atoms with Crippen LogP contribution in [0.1, 0.15) is 19.8 Å². The highest BCUT2D eigenvalue weighted by Gasteiger charge is 1.94. The zero-order valence-electron chi connectivity index (χ0n) is 5.68. The van der Waals surface area contributed by atoms with E-state index in [0.29, 0.717) is 6.10 Å². The minimum absolute atomic E-state index is 0.435. The summed E-state index contributed by atoms with van der Waals surface area (Å²) in [5.74, 6) is 0. The summed E-state index contributed by atoms with van der Waals surface area (Å²) < 4.78 is 5.14. The zero-order valence-corrected chi connectivity index (χ0v) is 7.68. The molecule has 0 rings (SSSR count). The molecule has 2 N–H and O–H groups in total. The molecule has 2 nitrogen and oxygen atoms in total. The first-order valence-corrected chi connectivity index (χ1v) is 3.85. The predicted molar refractivity (Wildman–Crippen MR) is 38.8 cm³/mol. The Bertz CT molecular complexity index is 51.7. The summed E-state index contributed by atoms with van der Waals surface area (Å²) in [6.07, 6.45) is 2.63. The molecule has 0 saturated carbocycles. The van der Waals surface area contributed by atoms with Gasteiger partial charge in [-0.15, -0.1) is 0 Å². The normalized spacial score (nSPS) is 14.2. The van der Waals surface area contributed by atoms with Crippen molar-refractivity contribution in [2.24, 2.45) is 5.73 Å². The van der Waals surface area contributed by atoms with Gasteiger partial charge in [0, 0.05) is 6.10 Å². The second-order valence-electron chi connectivity index (χ2n) is 1.98. The lowest BCUT2D eigenvalue weighted by Gasteiger charge is -2.06. The summed E-state index contributed by atoms with van der Waals surface area (Å²) >= 11 is 0. The highest BCUT2D eigenvalue weighted by atomic mass is 28.2. The van der Waals surface area contributed by atoms with E-state index in [0.717, 1.165) is 29.9 Å². The Morgan fingerprint density at radius 1 is 1.75 bits per heavy atom. The summed E-state index contributed by atoms with van der Waals surface area (Å²) in [4.78, 5) is 0. The average molecular weight is 133 g/mol. The van der Waals surface area contributed by atoms with Crippen LogP contribution in [-0.2, 0) is 4.43 Å². The highest BCUT2D eigenvalue weighted by molar-refractivity contribution is 5.98. The molecule has 3 heteroatoms. The molecule has 0 aliphatic rings. The minimum Gasteiger partial charge on any atom is -0.425 e. The maximum Gasteiger partial charge on any atom is 0.146 e. The number of rotatable bonds is 4. The van der Waals surface area contributed by atoms with Crippen molar-refractivity contribution in [3.05, 3.63) is 0 Å². The summed E-state index contributed by atoms with van der Waals surface area (Å²) in [7, 11) is 0.849. The Labute approximate surface area is 53.9 Å². The van der Waals surface area contributed by atoms with Crippen molar-refractivity contribution in [1.82, 2.24) is 0 Å². The molecule has 0 amide bonds. The standard InChI is InChI=1S/C5H15NOSi/c1-5(7-8)3-2-4-6/h5H,2-4,6H2,1,8H3. The van der Waals surface area contributed by atoms with Crippen molar-refractivity contribution in [3.8, 4) is 0 Å². The number of hydrogen-bond acceptors (Lipinski definition) is 2. The van der Waals surface area contributed by atoms with Gasteiger partial charge in [0.15, 0.2) is 0 Å². The van der Waals surface area contributed by atoms with Crippen molar-refractivity contribution in [2.75, 3.05) is 6.54 Å². The van der Waals surface area contributed by atoms with Crippen LogP contribution < -0.4 is 5.73 Å². The van der Waals surface area contributed by atoms with Crippen molar-refractivity contribution in [2.45, 2.75) is 25.9 Å². The molecule has 1 atom stereocenters. The SMILES string of the molecule is CC(CCCN)O[SiH3]. The van der Waals surface area contributed by atoms with Crippen LogP contribution in [0.15, 0.2) is 0 Å². The van der Waals surface area contributed by atoms with Gasteiger partial charge >= 0.3 is 0 Å². The second-order valence-corrected chi connectivity index (χ2v) is 2.45. The zero-order chi connectivity index (χ0) is 6.41. The fourth-order valence-corrected chi connectivity index (χ4v) is 0.759. The molecule has 0 saturated heterocycles. The van der Waals surface area contributed by atoms with Gasteiger partial charge in [-0.05, 0) is 26.3 Å². The van der Waals surface area contributed by atoms with Gasteiger partial charge in [-0.2, -0.15) is 0 Å². The van der Waals surface area contributed by atoms with Crippen LogP contribution in [0.4, 0.5) is 0 Å². The summed E-state index contributed by atoms with van der Waals surface area (Å²) in [5.41, 5.74) is 5.29. The van der Waals surface area contributed by atoms with Crippen LogP contribution in [0.25, 0.3) is 0 Å². The van der Waals surface area contributed by atoms with Gasteiger partial charge in [-0.25, -0.2) is 0 Å². The van der Waals surface area contributed by atoms with Crippen molar-refractivity contribution in [1.29, 1.82) is 0 Å². The van der Waals surface area contributed by atoms with Gasteiger partial charge in [-0.3, -0.25) is 0 Å². The van der Waals surface area contributed by atoms with Crippen LogP contribution in [0.2, 0.25) is 0 Å². The van der Waals surface area contributed by atoms with E-state index in [1.165, 1.54) is 0 Å². The Morgan fingerprint density at radius 2 is 2.38 bits per heavy atom. The van der Waals surface area contributed by atoms with Crippen LogP contribution in [0.5, 0.6) is 0 Å². The van der Waals surface area contributed by atoms with Crippen LogP contribution in [0.3, 0.4) is 0 Å². The smallest absolute Gasteiger partial charge is 0.146 e. The van der Waals surface area contributed by atoms with E-state index >= 15 is 0 Å². The molecule has 0 aliphatic carbocycles. The lowest BCUT2D eigenvalue weighted by molar-refractivity contribution is 0.229. The summed E-state index contributed by atoms with van der Waals surface area (Å²) in [6, 6.07) is 0. The molecule has 0 radical (unpaired) electrons. The van der Waals surface area contributed by atoms with Crippen LogP contribution in [-0.4, -0.2) is 23.1 Å². The molecule has 0 spiro atoms. The Balaban J connectivity index is 2.86. The van der Waals surface area contributed by atoms with Gasteiger partial charge in [-0.1, -0.05) is 0 Å². The molecule has 0 heterocycles. The molecule has 0 fully saturated rings. The Morgan fingerprint density at radius 3 is 2.75 bits per heavy atom. The average Bonchev–Trinajstić information content (AvgIpc) is 1.83. The van der Waals surface area contributed by atoms with E-state index in [1.807, 2.05) is 0 Å². The first kappa shape index (κ1) is 8.14. The van der Waals surface area contributed by atoms with E-state index in [4.69, 9.17) is 10.2 Å². The van der Waals surface area contributed by atoms with Crippen LogP contribution in [0, 0.1) is 0 Å². The van der Waals surface area contributed by atoms with Crippen molar-refractivity contribution >= 4 is 10.5 Å². The van der Waals surface area contributed by atoms with E-state index in [-0.39, 0.29) is 0 Å². The van der Waals surface area contributed by atoms with Crippen LogP contribution >= 0.6 is 0 Å². The van der Waals surface area contributed by atoms with E-state index in [1.54, 1.807) is 0 Å². The molecular formula is C5H15NOSi. The molecule has 0 aromatic heterocycles. The van der Waals surface area contributed by atoms with Gasteiger partial charge in [0.2, 0.25) is 0 Å². The largest absolute Gasteiger partial charge is 0.425 e. The van der Waals surface area contributed by atoms with Gasteiger partial charge in [0.1, 0.15) is 10.5 Å². The number of hydrogen-bond donors (Lipinski definition) is 1. The fourth-order valence-electron chi connectivity index (χ4n) is 0.523. The first-order valence-electron chi connectivity index (χ1n) is 3.04. The summed E-state index contributed by atoms with van der Waals surface area (Å²) in [5, 5.41) is 0. The van der Waals surface area contributed by atoms with Gasteiger partial charge in [0.05, 0.1) is 0 Å². The summed E-state index contributed by atoms with van der Waals surface area (Å²) in [6.45, 7) is 2.87. The second kappa shape index (κ2) is 5.28. The molecule has 0 aliphatic heterocycles. The Kier molecular flexibility index (Phi) is 5.37. The maximum atomic E-state index is 5.29. The fraction of sp³-hybridized carbons (Fsp3) is 1.00. The highest BCUT2D eigenvalue weighted by Crippen LogP contribution is 1.96. The number of nitrogens with two attached hydrogens (primary N) is 1. The molecule has 1 unspecified atom stereocenters. The topological polar surface area (TPSA) is 35.2 Å². The third-order valence-corrected chi connectivity index (χ3v) is 2.02. The van der Waals surface area contributed by atoms with E-state index < -0.39 is 0 Å². The van der Waals surface area contributed by atoms with Gasteiger partial charge in [0.25, 0.3) is 0 Å². The molecule has 8 heavy (non-hydrogen) atoms. The lowest BCUT2D eigenvalue weighted by atomic mass is 10.2. The van der Waals surface area contributed by atoms with Gasteiger partial charge < -0.3 is 10.2 Å². The van der Waals surface area contributed by atoms with Crippen molar-refractivity contribution in [3.63, 3.8) is 0 Å². The van der Waals surface area contributed by atoms with Crippen molar-refractivity contribution < 1.29 is 4.43 Å². The first-order chi connectivity index (χ1) is 3.81. The molecule has 0 aromatic carbocycles. The lowest BCUT2D eigenvalue weighted by Crippen LogP contribution is -2.08. The molecule has 0 aromatic rings. The molecule has 0 bridgehead atoms. The molecular weight excluding hydrogens is 118 g/mol. The minimum atomic E-state index is 0.435. The maximum absolute atomic E-state index is 5.29.